The molecule has 7 heteroatoms. The minimum absolute atomic E-state index is 0.00342. The number of alkyl halides is 3. The molecule has 0 aliphatic carbocycles. The quantitative estimate of drug-likeness (QED) is 0.906. The van der Waals surface area contributed by atoms with Crippen LogP contribution in [-0.2, 0) is 10.9 Å². The van der Waals surface area contributed by atoms with Crippen LogP contribution in [0.5, 0.6) is 0 Å². The van der Waals surface area contributed by atoms with Crippen molar-refractivity contribution in [1.29, 1.82) is 0 Å². The zero-order chi connectivity index (χ0) is 16.6. The first-order valence-electron chi connectivity index (χ1n) is 7.66. The minimum atomic E-state index is -4.39. The number of amides is 1. The molecule has 0 radical (unpaired) electrons. The van der Waals surface area contributed by atoms with Crippen molar-refractivity contribution in [2.24, 2.45) is 0 Å². The Kier molecular flexibility index (Phi) is 4.33. The fraction of sp³-hybridized carbons (Fsp3) is 0.562. The van der Waals surface area contributed by atoms with Gasteiger partial charge in [-0.2, -0.15) is 13.2 Å². The van der Waals surface area contributed by atoms with E-state index in [9.17, 15) is 18.0 Å². The summed E-state index contributed by atoms with van der Waals surface area (Å²) in [5.41, 5.74) is -0.509. The maximum atomic E-state index is 12.5. The first-order chi connectivity index (χ1) is 10.8. The van der Waals surface area contributed by atoms with Gasteiger partial charge in [0.15, 0.2) is 0 Å². The van der Waals surface area contributed by atoms with E-state index in [0.29, 0.717) is 12.6 Å². The van der Waals surface area contributed by atoms with Crippen LogP contribution in [0.4, 0.5) is 13.2 Å². The number of fused-ring (bicyclic) bond motifs is 1. The highest BCUT2D eigenvalue weighted by molar-refractivity contribution is 5.94. The molecule has 4 nitrogen and oxygen atoms in total. The van der Waals surface area contributed by atoms with Gasteiger partial charge in [-0.05, 0) is 37.6 Å². The summed E-state index contributed by atoms with van der Waals surface area (Å²) in [6.07, 6.45) is -3.39. The second kappa shape index (κ2) is 6.13. The van der Waals surface area contributed by atoms with E-state index in [1.807, 2.05) is 6.92 Å². The molecule has 1 amide bonds. The van der Waals surface area contributed by atoms with Crippen molar-refractivity contribution in [3.8, 4) is 0 Å². The molecule has 0 spiro atoms. The van der Waals surface area contributed by atoms with Gasteiger partial charge in [0, 0.05) is 30.7 Å². The number of hydrogen-bond acceptors (Lipinski definition) is 3. The molecule has 23 heavy (non-hydrogen) atoms. The smallest absolute Gasteiger partial charge is 0.376 e. The summed E-state index contributed by atoms with van der Waals surface area (Å²) in [6.45, 7) is 4.28. The number of hydrogen-bond donors (Lipinski definition) is 1. The van der Waals surface area contributed by atoms with Crippen LogP contribution in [0.25, 0.3) is 0 Å². The number of halogens is 3. The summed E-state index contributed by atoms with van der Waals surface area (Å²) < 4.78 is 43.2. The molecule has 0 bridgehead atoms. The molecular formula is C16H19F3N2O2. The molecule has 1 aromatic carbocycles. The lowest BCUT2D eigenvalue weighted by atomic mass is 10.1. The molecular weight excluding hydrogens is 309 g/mol. The molecule has 0 unspecified atom stereocenters. The summed E-state index contributed by atoms with van der Waals surface area (Å²) in [5.74, 6) is -0.336. The number of carbonyl (C=O) groups is 1. The van der Waals surface area contributed by atoms with Crippen molar-refractivity contribution in [3.05, 3.63) is 35.4 Å². The number of carbonyl (C=O) groups excluding carboxylic acids is 1. The van der Waals surface area contributed by atoms with Crippen LogP contribution in [-0.4, -0.2) is 48.7 Å². The van der Waals surface area contributed by atoms with Crippen molar-refractivity contribution < 1.29 is 22.7 Å². The SMILES string of the molecule is C[C@H]1CN2C[C@H](NC(=O)c3ccc(C(F)(F)F)cc3)C[C@H]2CO1. The number of ether oxygens (including phenoxy) is 1. The van der Waals surface area contributed by atoms with Crippen molar-refractivity contribution in [2.45, 2.75) is 37.7 Å². The number of nitrogens with one attached hydrogen (secondary N) is 1. The molecule has 3 rings (SSSR count). The lowest BCUT2D eigenvalue weighted by molar-refractivity contribution is -0.137. The lowest BCUT2D eigenvalue weighted by Gasteiger charge is -2.33. The topological polar surface area (TPSA) is 41.6 Å². The van der Waals surface area contributed by atoms with Gasteiger partial charge < -0.3 is 10.1 Å². The molecule has 2 aliphatic rings. The third kappa shape index (κ3) is 3.67. The third-order valence-corrected chi connectivity index (χ3v) is 4.40. The molecule has 1 N–H and O–H groups in total. The largest absolute Gasteiger partial charge is 0.416 e. The first kappa shape index (κ1) is 16.3. The van der Waals surface area contributed by atoms with Gasteiger partial charge in [-0.3, -0.25) is 9.69 Å². The minimum Gasteiger partial charge on any atom is -0.376 e. The molecule has 0 aromatic heterocycles. The number of rotatable bonds is 2. The maximum Gasteiger partial charge on any atom is 0.416 e. The lowest BCUT2D eigenvalue weighted by Crippen LogP contribution is -2.45. The predicted octanol–water partition coefficient (Wildman–Crippen LogP) is 2.30. The van der Waals surface area contributed by atoms with Crippen molar-refractivity contribution in [2.75, 3.05) is 19.7 Å². The van der Waals surface area contributed by atoms with Gasteiger partial charge in [0.05, 0.1) is 18.3 Å². The van der Waals surface area contributed by atoms with E-state index in [4.69, 9.17) is 4.74 Å². The molecule has 2 heterocycles. The Morgan fingerprint density at radius 3 is 2.61 bits per heavy atom. The van der Waals surface area contributed by atoms with Gasteiger partial charge >= 0.3 is 6.18 Å². The summed E-state index contributed by atoms with van der Waals surface area (Å²) in [6, 6.07) is 4.61. The van der Waals surface area contributed by atoms with Gasteiger partial charge in [-0.15, -0.1) is 0 Å². The Balaban J connectivity index is 1.59. The molecule has 126 valence electrons. The Morgan fingerprint density at radius 2 is 1.96 bits per heavy atom. The van der Waals surface area contributed by atoms with Gasteiger partial charge in [0.25, 0.3) is 5.91 Å². The summed E-state index contributed by atoms with van der Waals surface area (Å²) in [5, 5.41) is 2.91. The number of morpholine rings is 1. The Morgan fingerprint density at radius 1 is 1.26 bits per heavy atom. The highest BCUT2D eigenvalue weighted by Crippen LogP contribution is 2.29. The third-order valence-electron chi connectivity index (χ3n) is 4.40. The van der Waals surface area contributed by atoms with Crippen LogP contribution in [0.2, 0.25) is 0 Å². The fourth-order valence-corrected chi connectivity index (χ4v) is 3.22. The van der Waals surface area contributed by atoms with Crippen LogP contribution < -0.4 is 5.32 Å². The van der Waals surface area contributed by atoms with Crippen LogP contribution in [0.1, 0.15) is 29.3 Å². The molecule has 0 saturated carbocycles. The van der Waals surface area contributed by atoms with Crippen LogP contribution in [0.15, 0.2) is 24.3 Å². The van der Waals surface area contributed by atoms with Crippen LogP contribution in [0.3, 0.4) is 0 Å². The summed E-state index contributed by atoms with van der Waals surface area (Å²) in [4.78, 5) is 14.5. The molecule has 2 saturated heterocycles. The zero-order valence-electron chi connectivity index (χ0n) is 12.8. The van der Waals surface area contributed by atoms with Crippen molar-refractivity contribution in [1.82, 2.24) is 10.2 Å². The standard InChI is InChI=1S/C16H19F3N2O2/c1-10-7-21-8-13(6-14(21)9-23-10)20-15(22)11-2-4-12(5-3-11)16(17,18)19/h2-5,10,13-14H,6-9H2,1H3,(H,20,22)/t10-,13+,14-/m0/s1. The van der Waals surface area contributed by atoms with Gasteiger partial charge in [0.1, 0.15) is 0 Å². The maximum absolute atomic E-state index is 12.5. The monoisotopic (exact) mass is 328 g/mol. The van der Waals surface area contributed by atoms with Gasteiger partial charge in [-0.25, -0.2) is 0 Å². The second-order valence-electron chi connectivity index (χ2n) is 6.23. The Labute approximate surface area is 132 Å². The predicted molar refractivity (Wildman–Crippen MR) is 78.1 cm³/mol. The van der Waals surface area contributed by atoms with E-state index in [0.717, 1.165) is 31.6 Å². The normalized spacial score (nSPS) is 28.4. The van der Waals surface area contributed by atoms with Crippen LogP contribution in [0, 0.1) is 0 Å². The summed E-state index contributed by atoms with van der Waals surface area (Å²) in [7, 11) is 0. The number of benzene rings is 1. The second-order valence-corrected chi connectivity index (χ2v) is 6.23. The first-order valence-corrected chi connectivity index (χ1v) is 7.66. The van der Waals surface area contributed by atoms with Gasteiger partial charge in [0.2, 0.25) is 0 Å². The van der Waals surface area contributed by atoms with Crippen molar-refractivity contribution >= 4 is 5.91 Å². The van der Waals surface area contributed by atoms with Crippen molar-refractivity contribution in [3.63, 3.8) is 0 Å². The highest BCUT2D eigenvalue weighted by Gasteiger charge is 2.37. The number of nitrogens with zero attached hydrogens (tertiary/aromatic N) is 1. The molecule has 2 fully saturated rings. The Bertz CT molecular complexity index is 574. The molecule has 1 aromatic rings. The van der Waals surface area contributed by atoms with E-state index in [-0.39, 0.29) is 23.6 Å². The van der Waals surface area contributed by atoms with E-state index in [1.54, 1.807) is 0 Å². The van der Waals surface area contributed by atoms with E-state index in [1.165, 1.54) is 12.1 Å². The van der Waals surface area contributed by atoms with E-state index in [2.05, 4.69) is 10.2 Å². The van der Waals surface area contributed by atoms with Gasteiger partial charge in [-0.1, -0.05) is 0 Å². The van der Waals surface area contributed by atoms with E-state index >= 15 is 0 Å². The highest BCUT2D eigenvalue weighted by atomic mass is 19.4. The zero-order valence-corrected chi connectivity index (χ0v) is 12.8. The Hall–Kier alpha value is -1.60. The average Bonchev–Trinajstić information content (AvgIpc) is 2.87. The molecule has 2 aliphatic heterocycles. The van der Waals surface area contributed by atoms with Crippen LogP contribution >= 0.6 is 0 Å². The average molecular weight is 328 g/mol. The molecule has 3 atom stereocenters. The van der Waals surface area contributed by atoms with E-state index < -0.39 is 11.7 Å². The summed E-state index contributed by atoms with van der Waals surface area (Å²) >= 11 is 0. The fourth-order valence-electron chi connectivity index (χ4n) is 3.22.